The minimum Gasteiger partial charge on any atom is -0.493 e. The highest BCUT2D eigenvalue weighted by Gasteiger charge is 2.12. The van der Waals surface area contributed by atoms with Crippen LogP contribution in [0, 0.1) is 6.92 Å². The molecule has 6 nitrogen and oxygen atoms in total. The average molecular weight is 360 g/mol. The van der Waals surface area contributed by atoms with Gasteiger partial charge in [0.25, 0.3) is 0 Å². The van der Waals surface area contributed by atoms with Crippen molar-refractivity contribution >= 4 is 17.3 Å². The first kappa shape index (κ1) is 17.1. The molecule has 0 atom stereocenters. The van der Waals surface area contributed by atoms with Gasteiger partial charge in [0.15, 0.2) is 11.5 Å². The SMILES string of the molecule is COc1ccc(-c2nnc(CNc3cc(Cl)ccc3C)o2)cc1OC. The Labute approximate surface area is 150 Å². The van der Waals surface area contributed by atoms with Crippen molar-refractivity contribution in [2.24, 2.45) is 0 Å². The molecule has 0 amide bonds. The summed E-state index contributed by atoms with van der Waals surface area (Å²) in [6.45, 7) is 2.41. The summed E-state index contributed by atoms with van der Waals surface area (Å²) in [7, 11) is 3.17. The first-order chi connectivity index (χ1) is 12.1. The third-order valence-electron chi connectivity index (χ3n) is 3.73. The zero-order chi connectivity index (χ0) is 17.8. The van der Waals surface area contributed by atoms with E-state index in [1.807, 2.05) is 31.2 Å². The van der Waals surface area contributed by atoms with E-state index < -0.39 is 0 Å². The van der Waals surface area contributed by atoms with Gasteiger partial charge < -0.3 is 19.2 Å². The molecule has 0 aliphatic rings. The van der Waals surface area contributed by atoms with Gasteiger partial charge in [-0.05, 0) is 42.8 Å². The maximum atomic E-state index is 6.02. The highest BCUT2D eigenvalue weighted by Crippen LogP contribution is 2.31. The Hall–Kier alpha value is -2.73. The Balaban J connectivity index is 1.75. The van der Waals surface area contributed by atoms with Gasteiger partial charge in [-0.1, -0.05) is 17.7 Å². The Morgan fingerprint density at radius 2 is 1.84 bits per heavy atom. The zero-order valence-corrected chi connectivity index (χ0v) is 14.9. The number of halogens is 1. The van der Waals surface area contributed by atoms with E-state index in [1.165, 1.54) is 0 Å². The molecule has 1 N–H and O–H groups in total. The molecule has 1 heterocycles. The molecule has 0 radical (unpaired) electrons. The first-order valence-electron chi connectivity index (χ1n) is 7.65. The average Bonchev–Trinajstić information content (AvgIpc) is 3.11. The van der Waals surface area contributed by atoms with Gasteiger partial charge in [-0.2, -0.15) is 0 Å². The third-order valence-corrected chi connectivity index (χ3v) is 3.96. The van der Waals surface area contributed by atoms with Crippen LogP contribution in [0.4, 0.5) is 5.69 Å². The molecule has 0 bridgehead atoms. The number of benzene rings is 2. The molecule has 0 unspecified atom stereocenters. The fourth-order valence-corrected chi connectivity index (χ4v) is 2.54. The van der Waals surface area contributed by atoms with Crippen molar-refractivity contribution in [1.82, 2.24) is 10.2 Å². The number of aryl methyl sites for hydroxylation is 1. The van der Waals surface area contributed by atoms with Crippen molar-refractivity contribution < 1.29 is 13.9 Å². The molecule has 2 aromatic carbocycles. The smallest absolute Gasteiger partial charge is 0.247 e. The van der Waals surface area contributed by atoms with Gasteiger partial charge in [-0.15, -0.1) is 10.2 Å². The number of nitrogens with one attached hydrogen (secondary N) is 1. The summed E-state index contributed by atoms with van der Waals surface area (Å²) in [6, 6.07) is 11.1. The molecule has 3 aromatic rings. The van der Waals surface area contributed by atoms with E-state index in [4.69, 9.17) is 25.5 Å². The Bertz CT molecular complexity index is 880. The van der Waals surface area contributed by atoms with Gasteiger partial charge in [0.05, 0.1) is 20.8 Å². The van der Waals surface area contributed by atoms with Gasteiger partial charge in [0.1, 0.15) is 0 Å². The van der Waals surface area contributed by atoms with Gasteiger partial charge in [0.2, 0.25) is 11.8 Å². The van der Waals surface area contributed by atoms with E-state index in [1.54, 1.807) is 26.4 Å². The van der Waals surface area contributed by atoms with Gasteiger partial charge in [0, 0.05) is 16.3 Å². The topological polar surface area (TPSA) is 69.4 Å². The molecular weight excluding hydrogens is 342 g/mol. The largest absolute Gasteiger partial charge is 0.493 e. The second kappa shape index (κ2) is 7.44. The molecule has 130 valence electrons. The molecule has 7 heteroatoms. The van der Waals surface area contributed by atoms with E-state index >= 15 is 0 Å². The standard InChI is InChI=1S/C18H18ClN3O3/c1-11-4-6-13(19)9-14(11)20-10-17-21-22-18(25-17)12-5-7-15(23-2)16(8-12)24-3/h4-9,20H,10H2,1-3H3. The van der Waals surface area contributed by atoms with Crippen LogP contribution < -0.4 is 14.8 Å². The lowest BCUT2D eigenvalue weighted by Gasteiger charge is -2.08. The number of aromatic nitrogens is 2. The summed E-state index contributed by atoms with van der Waals surface area (Å²) < 4.78 is 16.2. The van der Waals surface area contributed by atoms with Crippen molar-refractivity contribution in [3.63, 3.8) is 0 Å². The van der Waals surface area contributed by atoms with Gasteiger partial charge in [-0.25, -0.2) is 0 Å². The van der Waals surface area contributed by atoms with Gasteiger partial charge in [-0.3, -0.25) is 0 Å². The van der Waals surface area contributed by atoms with Crippen LogP contribution in [0.5, 0.6) is 11.5 Å². The number of rotatable bonds is 6. The lowest BCUT2D eigenvalue weighted by molar-refractivity contribution is 0.355. The highest BCUT2D eigenvalue weighted by atomic mass is 35.5. The molecule has 25 heavy (non-hydrogen) atoms. The first-order valence-corrected chi connectivity index (χ1v) is 8.03. The van der Waals surface area contributed by atoms with E-state index in [9.17, 15) is 0 Å². The molecule has 0 spiro atoms. The van der Waals surface area contributed by atoms with Crippen LogP contribution in [-0.4, -0.2) is 24.4 Å². The fraction of sp³-hybridized carbons (Fsp3) is 0.222. The molecule has 0 saturated carbocycles. The van der Waals surface area contributed by atoms with Crippen molar-refractivity contribution in [3.05, 3.63) is 52.9 Å². The summed E-state index contributed by atoms with van der Waals surface area (Å²) in [6.07, 6.45) is 0. The quantitative estimate of drug-likeness (QED) is 0.706. The van der Waals surface area contributed by atoms with E-state index in [0.29, 0.717) is 34.8 Å². The number of hydrogen-bond donors (Lipinski definition) is 1. The van der Waals surface area contributed by atoms with E-state index in [-0.39, 0.29) is 0 Å². The predicted octanol–water partition coefficient (Wildman–Crippen LogP) is 4.33. The summed E-state index contributed by atoms with van der Waals surface area (Å²) in [5.41, 5.74) is 2.78. The molecule has 0 fully saturated rings. The van der Waals surface area contributed by atoms with E-state index in [0.717, 1.165) is 16.8 Å². The lowest BCUT2D eigenvalue weighted by Crippen LogP contribution is -2.01. The summed E-state index contributed by atoms with van der Waals surface area (Å²) in [4.78, 5) is 0. The Morgan fingerprint density at radius 1 is 1.04 bits per heavy atom. The monoisotopic (exact) mass is 359 g/mol. The van der Waals surface area contributed by atoms with Crippen LogP contribution in [0.2, 0.25) is 5.02 Å². The van der Waals surface area contributed by atoms with Crippen LogP contribution in [-0.2, 0) is 6.54 Å². The number of anilines is 1. The van der Waals surface area contributed by atoms with E-state index in [2.05, 4.69) is 15.5 Å². The van der Waals surface area contributed by atoms with Crippen molar-refractivity contribution in [1.29, 1.82) is 0 Å². The number of ether oxygens (including phenoxy) is 2. The van der Waals surface area contributed by atoms with Crippen LogP contribution in [0.25, 0.3) is 11.5 Å². The zero-order valence-electron chi connectivity index (χ0n) is 14.2. The number of methoxy groups -OCH3 is 2. The maximum Gasteiger partial charge on any atom is 0.247 e. The van der Waals surface area contributed by atoms with Crippen LogP contribution in [0.1, 0.15) is 11.5 Å². The maximum absolute atomic E-state index is 6.02. The Morgan fingerprint density at radius 3 is 2.60 bits per heavy atom. The minimum atomic E-state index is 0.404. The molecule has 0 aliphatic heterocycles. The predicted molar refractivity (Wildman–Crippen MR) is 96.4 cm³/mol. The fourth-order valence-electron chi connectivity index (χ4n) is 2.37. The lowest BCUT2D eigenvalue weighted by atomic mass is 10.2. The molecule has 3 rings (SSSR count). The van der Waals surface area contributed by atoms with Crippen molar-refractivity contribution in [3.8, 4) is 23.0 Å². The third kappa shape index (κ3) is 3.85. The molecule has 0 saturated heterocycles. The van der Waals surface area contributed by atoms with Gasteiger partial charge >= 0.3 is 0 Å². The molecule has 1 aromatic heterocycles. The minimum absolute atomic E-state index is 0.404. The highest BCUT2D eigenvalue weighted by molar-refractivity contribution is 6.30. The van der Waals surface area contributed by atoms with Crippen molar-refractivity contribution in [2.75, 3.05) is 19.5 Å². The van der Waals surface area contributed by atoms with Crippen molar-refractivity contribution in [2.45, 2.75) is 13.5 Å². The second-order valence-electron chi connectivity index (χ2n) is 5.38. The normalized spacial score (nSPS) is 10.6. The van der Waals surface area contributed by atoms with Crippen LogP contribution in [0.15, 0.2) is 40.8 Å². The molecule has 0 aliphatic carbocycles. The molecular formula is C18H18ClN3O3. The second-order valence-corrected chi connectivity index (χ2v) is 5.82. The summed E-state index contributed by atoms with van der Waals surface area (Å²) in [5, 5.41) is 12.1. The van der Waals surface area contributed by atoms with Crippen LogP contribution >= 0.6 is 11.6 Å². The van der Waals surface area contributed by atoms with Crippen LogP contribution in [0.3, 0.4) is 0 Å². The summed E-state index contributed by atoms with van der Waals surface area (Å²) >= 11 is 6.02. The summed E-state index contributed by atoms with van der Waals surface area (Å²) in [5.74, 6) is 2.14. The Kier molecular flexibility index (Phi) is 5.09. The number of nitrogens with zero attached hydrogens (tertiary/aromatic N) is 2. The number of hydrogen-bond acceptors (Lipinski definition) is 6.